The topological polar surface area (TPSA) is 38.0 Å². The quantitative estimate of drug-likeness (QED) is 0.688. The summed E-state index contributed by atoms with van der Waals surface area (Å²) in [4.78, 5) is 0. The maximum atomic E-state index is 13.1. The van der Waals surface area contributed by atoms with E-state index in [0.29, 0.717) is 6.54 Å². The van der Waals surface area contributed by atoms with Crippen molar-refractivity contribution >= 4 is 5.69 Å². The Bertz CT molecular complexity index is 354. The van der Waals surface area contributed by atoms with Gasteiger partial charge in [0.1, 0.15) is 5.82 Å². The number of anilines is 1. The first-order chi connectivity index (χ1) is 8.59. The van der Waals surface area contributed by atoms with Gasteiger partial charge in [-0.3, -0.25) is 0 Å². The first-order valence-electron chi connectivity index (χ1n) is 6.83. The molecular weight excluding hydrogens is 227 g/mol. The maximum absolute atomic E-state index is 13.1. The van der Waals surface area contributed by atoms with Crippen molar-refractivity contribution in [3.63, 3.8) is 0 Å². The second-order valence-corrected chi connectivity index (χ2v) is 5.21. The van der Waals surface area contributed by atoms with Crippen LogP contribution in [0.2, 0.25) is 0 Å². The van der Waals surface area contributed by atoms with Gasteiger partial charge in [-0.05, 0) is 31.5 Å². The Morgan fingerprint density at radius 1 is 1.28 bits per heavy atom. The summed E-state index contributed by atoms with van der Waals surface area (Å²) in [7, 11) is 0. The predicted molar refractivity (Wildman–Crippen MR) is 76.2 cm³/mol. The number of unbranched alkanes of at least 4 members (excludes halogenated alkanes) is 3. The minimum Gasteiger partial charge on any atom is -0.379 e. The zero-order valence-corrected chi connectivity index (χ0v) is 11.5. The van der Waals surface area contributed by atoms with Crippen LogP contribution in [-0.2, 0) is 0 Å². The molecule has 1 rings (SSSR count). The highest BCUT2D eigenvalue weighted by molar-refractivity contribution is 5.45. The average Bonchev–Trinajstić information content (AvgIpc) is 2.35. The fourth-order valence-corrected chi connectivity index (χ4v) is 2.07. The molecule has 1 unspecified atom stereocenters. The van der Waals surface area contributed by atoms with Crippen LogP contribution < -0.4 is 11.1 Å². The van der Waals surface area contributed by atoms with E-state index in [2.05, 4.69) is 19.2 Å². The first kappa shape index (κ1) is 15.0. The van der Waals surface area contributed by atoms with Crippen LogP contribution in [0.25, 0.3) is 0 Å². The lowest BCUT2D eigenvalue weighted by molar-refractivity contribution is 0.451. The van der Waals surface area contributed by atoms with Crippen molar-refractivity contribution in [1.29, 1.82) is 0 Å². The van der Waals surface area contributed by atoms with E-state index in [1.165, 1.54) is 31.4 Å². The van der Waals surface area contributed by atoms with Gasteiger partial charge >= 0.3 is 0 Å². The molecule has 18 heavy (non-hydrogen) atoms. The summed E-state index contributed by atoms with van der Waals surface area (Å²) in [6, 6.07) is 6.56. The fourth-order valence-electron chi connectivity index (χ4n) is 2.07. The van der Waals surface area contributed by atoms with Gasteiger partial charge in [-0.2, -0.15) is 0 Å². The lowest BCUT2D eigenvalue weighted by atomic mass is 9.93. The van der Waals surface area contributed by atoms with Crippen LogP contribution in [0.3, 0.4) is 0 Å². The molecule has 0 radical (unpaired) electrons. The van der Waals surface area contributed by atoms with Gasteiger partial charge in [-0.15, -0.1) is 0 Å². The highest BCUT2D eigenvalue weighted by Gasteiger charge is 2.21. The van der Waals surface area contributed by atoms with Gasteiger partial charge in [0.05, 0.1) is 0 Å². The molecule has 0 aliphatic rings. The number of nitrogens with one attached hydrogen (secondary N) is 1. The summed E-state index contributed by atoms with van der Waals surface area (Å²) in [6.07, 6.45) is 5.90. The molecule has 0 aliphatic carbocycles. The molecule has 0 bridgehead atoms. The minimum absolute atomic E-state index is 0.151. The van der Waals surface area contributed by atoms with Crippen LogP contribution >= 0.6 is 0 Å². The lowest BCUT2D eigenvalue weighted by Gasteiger charge is -2.30. The van der Waals surface area contributed by atoms with E-state index in [4.69, 9.17) is 5.73 Å². The van der Waals surface area contributed by atoms with Crippen molar-refractivity contribution in [2.75, 3.05) is 11.9 Å². The van der Waals surface area contributed by atoms with E-state index in [1.54, 1.807) is 6.07 Å². The van der Waals surface area contributed by atoms with Gasteiger partial charge in [0.15, 0.2) is 0 Å². The van der Waals surface area contributed by atoms with Gasteiger partial charge in [-0.25, -0.2) is 4.39 Å². The molecular formula is C15H25FN2. The molecule has 0 heterocycles. The molecule has 0 amide bonds. The number of nitrogens with two attached hydrogens (primary N) is 1. The predicted octanol–water partition coefficient (Wildman–Crippen LogP) is 3.93. The van der Waals surface area contributed by atoms with Crippen molar-refractivity contribution in [2.24, 2.45) is 5.73 Å². The standard InChI is InChI=1S/C15H25FN2/c1-3-4-5-6-10-15(2,12-17)18-14-9-7-8-13(16)11-14/h7-9,11,18H,3-6,10,12,17H2,1-2H3. The van der Waals surface area contributed by atoms with Crippen LogP contribution in [0.1, 0.15) is 46.0 Å². The summed E-state index contributed by atoms with van der Waals surface area (Å²) < 4.78 is 13.1. The molecule has 1 aromatic rings. The number of halogens is 1. The first-order valence-corrected chi connectivity index (χ1v) is 6.83. The molecule has 3 N–H and O–H groups in total. The Morgan fingerprint density at radius 2 is 2.06 bits per heavy atom. The smallest absolute Gasteiger partial charge is 0.125 e. The van der Waals surface area contributed by atoms with Crippen LogP contribution in [0.5, 0.6) is 0 Å². The SMILES string of the molecule is CCCCCCC(C)(CN)Nc1cccc(F)c1. The van der Waals surface area contributed by atoms with Gasteiger partial charge in [-0.1, -0.05) is 38.7 Å². The molecule has 0 fully saturated rings. The van der Waals surface area contributed by atoms with E-state index in [0.717, 1.165) is 18.5 Å². The summed E-state index contributed by atoms with van der Waals surface area (Å²) in [5.74, 6) is -0.217. The lowest BCUT2D eigenvalue weighted by Crippen LogP contribution is -2.42. The monoisotopic (exact) mass is 252 g/mol. The zero-order chi connectivity index (χ0) is 13.4. The summed E-state index contributed by atoms with van der Waals surface area (Å²) in [5.41, 5.74) is 6.50. The molecule has 3 heteroatoms. The summed E-state index contributed by atoms with van der Waals surface area (Å²) in [5, 5.41) is 3.36. The molecule has 0 spiro atoms. The Morgan fingerprint density at radius 3 is 2.67 bits per heavy atom. The molecule has 0 saturated carbocycles. The second kappa shape index (κ2) is 7.37. The van der Waals surface area contributed by atoms with Crippen molar-refractivity contribution in [3.05, 3.63) is 30.1 Å². The maximum Gasteiger partial charge on any atom is 0.125 e. The van der Waals surface area contributed by atoms with Crippen LogP contribution in [0.4, 0.5) is 10.1 Å². The highest BCUT2D eigenvalue weighted by atomic mass is 19.1. The van der Waals surface area contributed by atoms with Gasteiger partial charge in [0.25, 0.3) is 0 Å². The Balaban J connectivity index is 2.53. The third-order valence-electron chi connectivity index (χ3n) is 3.30. The Kier molecular flexibility index (Phi) is 6.13. The molecule has 0 aromatic heterocycles. The van der Waals surface area contributed by atoms with Gasteiger partial charge < -0.3 is 11.1 Å². The van der Waals surface area contributed by atoms with Crippen molar-refractivity contribution in [3.8, 4) is 0 Å². The number of benzene rings is 1. The van der Waals surface area contributed by atoms with E-state index in [-0.39, 0.29) is 11.4 Å². The van der Waals surface area contributed by atoms with E-state index in [9.17, 15) is 4.39 Å². The number of rotatable bonds is 8. The highest BCUT2D eigenvalue weighted by Crippen LogP contribution is 2.21. The average molecular weight is 252 g/mol. The Labute approximate surface area is 110 Å². The fraction of sp³-hybridized carbons (Fsp3) is 0.600. The van der Waals surface area contributed by atoms with Gasteiger partial charge in [0, 0.05) is 17.8 Å². The zero-order valence-electron chi connectivity index (χ0n) is 11.5. The van der Waals surface area contributed by atoms with Crippen molar-refractivity contribution < 1.29 is 4.39 Å². The van der Waals surface area contributed by atoms with E-state index in [1.807, 2.05) is 6.07 Å². The normalized spacial score (nSPS) is 14.2. The minimum atomic E-state index is -0.217. The molecule has 2 nitrogen and oxygen atoms in total. The van der Waals surface area contributed by atoms with E-state index < -0.39 is 0 Å². The number of hydrogen-bond donors (Lipinski definition) is 2. The second-order valence-electron chi connectivity index (χ2n) is 5.21. The summed E-state index contributed by atoms with van der Waals surface area (Å²) >= 11 is 0. The molecule has 102 valence electrons. The third kappa shape index (κ3) is 5.05. The Hall–Kier alpha value is -1.09. The number of hydrogen-bond acceptors (Lipinski definition) is 2. The van der Waals surface area contributed by atoms with Crippen LogP contribution in [0, 0.1) is 5.82 Å². The molecule has 0 aliphatic heterocycles. The van der Waals surface area contributed by atoms with Crippen LogP contribution in [0.15, 0.2) is 24.3 Å². The van der Waals surface area contributed by atoms with Crippen molar-refractivity contribution in [1.82, 2.24) is 0 Å². The van der Waals surface area contributed by atoms with Crippen LogP contribution in [-0.4, -0.2) is 12.1 Å². The molecule has 1 atom stereocenters. The largest absolute Gasteiger partial charge is 0.379 e. The van der Waals surface area contributed by atoms with Gasteiger partial charge in [0.2, 0.25) is 0 Å². The molecule has 1 aromatic carbocycles. The molecule has 0 saturated heterocycles. The van der Waals surface area contributed by atoms with Crippen molar-refractivity contribution in [2.45, 2.75) is 51.5 Å². The summed E-state index contributed by atoms with van der Waals surface area (Å²) in [6.45, 7) is 4.85. The third-order valence-corrected chi connectivity index (χ3v) is 3.30. The van der Waals surface area contributed by atoms with E-state index >= 15 is 0 Å².